The van der Waals surface area contributed by atoms with Gasteiger partial charge in [-0.15, -0.1) is 0 Å². The van der Waals surface area contributed by atoms with Gasteiger partial charge in [0.05, 0.1) is 16.7 Å². The molecule has 0 radical (unpaired) electrons. The number of imide groups is 1. The minimum absolute atomic E-state index is 0.210. The minimum atomic E-state index is -0.797. The number of hydrogen-bond donors (Lipinski definition) is 0. The van der Waals surface area contributed by atoms with Gasteiger partial charge in [-0.3, -0.25) is 14.6 Å². The average Bonchev–Trinajstić information content (AvgIpc) is 2.99. The van der Waals surface area contributed by atoms with Crippen molar-refractivity contribution < 1.29 is 24.0 Å². The van der Waals surface area contributed by atoms with Crippen molar-refractivity contribution in [3.63, 3.8) is 0 Å². The number of benzene rings is 2. The number of carbonyl (C=O) groups is 3. The third-order valence-electron chi connectivity index (χ3n) is 4.73. The number of pyridine rings is 1. The first-order valence-corrected chi connectivity index (χ1v) is 9.29. The Balaban J connectivity index is 1.50. The molecule has 0 atom stereocenters. The van der Waals surface area contributed by atoms with E-state index in [1.54, 1.807) is 36.7 Å². The van der Waals surface area contributed by atoms with Crippen LogP contribution >= 0.6 is 0 Å². The second kappa shape index (κ2) is 7.79. The Hall–Kier alpha value is -4.00. The number of rotatable bonds is 5. The smallest absolute Gasteiger partial charge is 0.363 e. The van der Waals surface area contributed by atoms with Crippen LogP contribution in [0.4, 0.5) is 0 Å². The van der Waals surface area contributed by atoms with Crippen molar-refractivity contribution >= 4 is 17.8 Å². The molecule has 0 unspecified atom stereocenters. The summed E-state index contributed by atoms with van der Waals surface area (Å²) in [6, 6.07) is 13.3. The van der Waals surface area contributed by atoms with Crippen molar-refractivity contribution in [3.05, 3.63) is 94.3 Å². The van der Waals surface area contributed by atoms with Crippen LogP contribution < -0.4 is 4.74 Å². The molecule has 2 aromatic carbocycles. The zero-order chi connectivity index (χ0) is 21.3. The van der Waals surface area contributed by atoms with Crippen molar-refractivity contribution in [3.8, 4) is 5.75 Å². The van der Waals surface area contributed by atoms with Gasteiger partial charge in [0.2, 0.25) is 0 Å². The van der Waals surface area contributed by atoms with E-state index >= 15 is 0 Å². The van der Waals surface area contributed by atoms with E-state index in [4.69, 9.17) is 9.57 Å². The van der Waals surface area contributed by atoms with Crippen molar-refractivity contribution in [2.75, 3.05) is 0 Å². The quantitative estimate of drug-likeness (QED) is 0.606. The molecule has 7 heteroatoms. The SMILES string of the molecule is Cc1cc(C(=O)ON2C(=O)c3ccccc3C2=O)cc(C)c1OCc1cccnc1. The lowest BCUT2D eigenvalue weighted by Crippen LogP contribution is -2.32. The Bertz CT molecular complexity index is 1100. The lowest BCUT2D eigenvalue weighted by molar-refractivity contribution is -0.0584. The van der Waals surface area contributed by atoms with Gasteiger partial charge in [-0.1, -0.05) is 23.3 Å². The molecule has 3 aromatic rings. The molecule has 0 N–H and O–H groups in total. The highest BCUT2D eigenvalue weighted by Gasteiger charge is 2.38. The molecule has 1 aliphatic rings. The van der Waals surface area contributed by atoms with Gasteiger partial charge in [0.15, 0.2) is 0 Å². The molecular weight excluding hydrogens is 384 g/mol. The number of aromatic nitrogens is 1. The van der Waals surface area contributed by atoms with Crippen LogP contribution in [0.15, 0.2) is 60.9 Å². The fourth-order valence-corrected chi connectivity index (χ4v) is 3.32. The van der Waals surface area contributed by atoms with E-state index in [0.717, 1.165) is 16.7 Å². The van der Waals surface area contributed by atoms with Crippen molar-refractivity contribution in [1.82, 2.24) is 10.0 Å². The van der Waals surface area contributed by atoms with Crippen LogP contribution in [0.3, 0.4) is 0 Å². The van der Waals surface area contributed by atoms with Gasteiger partial charge in [0.25, 0.3) is 11.8 Å². The van der Waals surface area contributed by atoms with E-state index in [9.17, 15) is 14.4 Å². The number of amides is 2. The molecule has 0 saturated carbocycles. The van der Waals surface area contributed by atoms with Gasteiger partial charge in [0, 0.05) is 18.0 Å². The number of fused-ring (bicyclic) bond motifs is 1. The third kappa shape index (κ3) is 3.53. The fraction of sp³-hybridized carbons (Fsp3) is 0.130. The second-order valence-corrected chi connectivity index (χ2v) is 6.92. The molecule has 4 rings (SSSR count). The summed E-state index contributed by atoms with van der Waals surface area (Å²) >= 11 is 0. The first-order valence-electron chi connectivity index (χ1n) is 9.29. The van der Waals surface area contributed by atoms with Gasteiger partial charge in [0.1, 0.15) is 12.4 Å². The number of nitrogens with zero attached hydrogens (tertiary/aromatic N) is 2. The molecule has 150 valence electrons. The number of ether oxygens (including phenoxy) is 1. The molecule has 1 aromatic heterocycles. The minimum Gasteiger partial charge on any atom is -0.488 e. The van der Waals surface area contributed by atoms with Crippen molar-refractivity contribution in [2.24, 2.45) is 0 Å². The van der Waals surface area contributed by atoms with Gasteiger partial charge >= 0.3 is 5.97 Å². The number of aryl methyl sites for hydroxylation is 2. The zero-order valence-corrected chi connectivity index (χ0v) is 16.4. The van der Waals surface area contributed by atoms with E-state index < -0.39 is 17.8 Å². The van der Waals surface area contributed by atoms with E-state index in [1.165, 1.54) is 12.1 Å². The van der Waals surface area contributed by atoms with Crippen molar-refractivity contribution in [1.29, 1.82) is 0 Å². The lowest BCUT2D eigenvalue weighted by atomic mass is 10.1. The highest BCUT2D eigenvalue weighted by atomic mass is 16.7. The molecule has 0 aliphatic carbocycles. The zero-order valence-electron chi connectivity index (χ0n) is 16.4. The first-order chi connectivity index (χ1) is 14.5. The summed E-state index contributed by atoms with van der Waals surface area (Å²) < 4.78 is 5.89. The Morgan fingerprint density at radius 2 is 1.60 bits per heavy atom. The molecule has 7 nitrogen and oxygen atoms in total. The Morgan fingerprint density at radius 3 is 2.17 bits per heavy atom. The predicted molar refractivity (Wildman–Crippen MR) is 107 cm³/mol. The summed E-state index contributed by atoms with van der Waals surface area (Å²) in [7, 11) is 0. The lowest BCUT2D eigenvalue weighted by Gasteiger charge is -2.16. The van der Waals surface area contributed by atoms with E-state index in [0.29, 0.717) is 17.4 Å². The van der Waals surface area contributed by atoms with Crippen LogP contribution in [0.5, 0.6) is 5.75 Å². The summed E-state index contributed by atoms with van der Waals surface area (Å²) in [6.45, 7) is 3.96. The second-order valence-electron chi connectivity index (χ2n) is 6.92. The van der Waals surface area contributed by atoms with Gasteiger partial charge in [-0.05, 0) is 55.3 Å². The van der Waals surface area contributed by atoms with Crippen LogP contribution in [-0.2, 0) is 11.4 Å². The normalized spacial score (nSPS) is 12.7. The molecule has 1 aliphatic heterocycles. The summed E-state index contributed by atoms with van der Waals surface area (Å²) in [5.41, 5.74) is 3.02. The Kier molecular flexibility index (Phi) is 5.02. The standard InChI is InChI=1S/C23H18N2O5/c1-14-10-17(11-15(2)20(14)29-13-16-6-5-9-24-12-16)23(28)30-25-21(26)18-7-3-4-8-19(18)22(25)27/h3-12H,13H2,1-2H3. The van der Waals surface area contributed by atoms with Gasteiger partial charge in [-0.25, -0.2) is 4.79 Å². The first kappa shape index (κ1) is 19.3. The van der Waals surface area contributed by atoms with Crippen LogP contribution in [-0.4, -0.2) is 27.8 Å². The van der Waals surface area contributed by atoms with Crippen LogP contribution in [0, 0.1) is 13.8 Å². The molecule has 0 spiro atoms. The fourth-order valence-electron chi connectivity index (χ4n) is 3.32. The maximum atomic E-state index is 12.6. The number of hydroxylamine groups is 2. The topological polar surface area (TPSA) is 85.8 Å². The molecule has 0 fully saturated rings. The van der Waals surface area contributed by atoms with Crippen molar-refractivity contribution in [2.45, 2.75) is 20.5 Å². The maximum absolute atomic E-state index is 12.6. The Labute approximate surface area is 172 Å². The molecule has 2 heterocycles. The predicted octanol–water partition coefficient (Wildman–Crippen LogP) is 3.65. The van der Waals surface area contributed by atoms with E-state index in [2.05, 4.69) is 4.98 Å². The summed E-state index contributed by atoms with van der Waals surface area (Å²) in [4.78, 5) is 46.6. The van der Waals surface area contributed by atoms with E-state index in [1.807, 2.05) is 26.0 Å². The summed E-state index contributed by atoms with van der Waals surface area (Å²) in [5.74, 6) is -1.46. The number of hydrogen-bond acceptors (Lipinski definition) is 6. The Morgan fingerprint density at radius 1 is 0.967 bits per heavy atom. The molecule has 2 amide bonds. The van der Waals surface area contributed by atoms with Crippen LogP contribution in [0.2, 0.25) is 0 Å². The third-order valence-corrected chi connectivity index (χ3v) is 4.73. The monoisotopic (exact) mass is 402 g/mol. The number of carbonyl (C=O) groups excluding carboxylic acids is 3. The van der Waals surface area contributed by atoms with Crippen LogP contribution in [0.25, 0.3) is 0 Å². The molecule has 30 heavy (non-hydrogen) atoms. The highest BCUT2D eigenvalue weighted by molar-refractivity contribution is 6.21. The molecule has 0 saturated heterocycles. The molecule has 0 bridgehead atoms. The summed E-state index contributed by atoms with van der Waals surface area (Å²) in [6.07, 6.45) is 3.41. The maximum Gasteiger partial charge on any atom is 0.363 e. The largest absolute Gasteiger partial charge is 0.488 e. The summed E-state index contributed by atoms with van der Waals surface area (Å²) in [5, 5.41) is 0.504. The van der Waals surface area contributed by atoms with Gasteiger partial charge < -0.3 is 9.57 Å². The highest BCUT2D eigenvalue weighted by Crippen LogP contribution is 2.28. The van der Waals surface area contributed by atoms with Gasteiger partial charge in [-0.2, -0.15) is 0 Å². The molecular formula is C23H18N2O5. The average molecular weight is 402 g/mol. The van der Waals surface area contributed by atoms with Crippen LogP contribution in [0.1, 0.15) is 47.8 Å². The van der Waals surface area contributed by atoms with E-state index in [-0.39, 0.29) is 16.7 Å².